The lowest BCUT2D eigenvalue weighted by Gasteiger charge is -2.30. The van der Waals surface area contributed by atoms with E-state index in [1.165, 1.54) is 11.1 Å². The number of benzene rings is 2. The van der Waals surface area contributed by atoms with Crippen molar-refractivity contribution in [3.63, 3.8) is 0 Å². The van der Waals surface area contributed by atoms with E-state index in [0.717, 1.165) is 76.9 Å². The quantitative estimate of drug-likeness (QED) is 0.343. The second-order valence-electron chi connectivity index (χ2n) is 8.43. The number of nitrogens with zero attached hydrogens (tertiary/aromatic N) is 1. The lowest BCUT2D eigenvalue weighted by atomic mass is 9.97. The highest BCUT2D eigenvalue weighted by Gasteiger charge is 2.25. The summed E-state index contributed by atoms with van der Waals surface area (Å²) in [5.74, 6) is 1.11. The number of piperidine rings is 1. The summed E-state index contributed by atoms with van der Waals surface area (Å²) in [6.45, 7) is 6.40. The van der Waals surface area contributed by atoms with Gasteiger partial charge in [0.05, 0.1) is 19.1 Å². The molecular weight excluding hydrogens is 386 g/mol. The van der Waals surface area contributed by atoms with Gasteiger partial charge in [-0.3, -0.25) is 4.79 Å². The fraction of sp³-hybridized carbons (Fsp3) is 0.519. The summed E-state index contributed by atoms with van der Waals surface area (Å²) in [4.78, 5) is 14.5. The number of hydrogen-bond donors (Lipinski definition) is 0. The van der Waals surface area contributed by atoms with Crippen molar-refractivity contribution in [3.05, 3.63) is 65.7 Å². The van der Waals surface area contributed by atoms with Crippen LogP contribution in [0, 0.1) is 5.92 Å². The number of ether oxygens (including phenoxy) is 2. The van der Waals surface area contributed by atoms with Crippen LogP contribution in [0.4, 0.5) is 0 Å². The zero-order valence-electron chi connectivity index (χ0n) is 18.9. The minimum Gasteiger partial charge on any atom is -0.493 e. The molecule has 1 aliphatic heterocycles. The second-order valence-corrected chi connectivity index (χ2v) is 8.43. The van der Waals surface area contributed by atoms with E-state index in [2.05, 4.69) is 59.5 Å². The van der Waals surface area contributed by atoms with E-state index < -0.39 is 0 Å². The third-order valence-corrected chi connectivity index (χ3v) is 5.99. The molecule has 2 aromatic carbocycles. The number of para-hydroxylation sites is 1. The molecule has 1 saturated heterocycles. The summed E-state index contributed by atoms with van der Waals surface area (Å²) in [6.07, 6.45) is 6.94. The third kappa shape index (κ3) is 8.02. The first-order valence-corrected chi connectivity index (χ1v) is 11.9. The molecule has 2 aromatic rings. The van der Waals surface area contributed by atoms with E-state index in [-0.39, 0.29) is 11.9 Å². The van der Waals surface area contributed by atoms with Gasteiger partial charge in [0.25, 0.3) is 0 Å². The summed E-state index contributed by atoms with van der Waals surface area (Å²) >= 11 is 0. The Balaban J connectivity index is 1.31. The summed E-state index contributed by atoms with van der Waals surface area (Å²) < 4.78 is 11.4. The van der Waals surface area contributed by atoms with Crippen LogP contribution in [0.1, 0.15) is 50.2 Å². The first-order valence-electron chi connectivity index (χ1n) is 11.9. The van der Waals surface area contributed by atoms with Crippen LogP contribution in [0.25, 0.3) is 0 Å². The van der Waals surface area contributed by atoms with E-state index in [0.29, 0.717) is 6.61 Å². The molecule has 4 heteroatoms. The Morgan fingerprint density at radius 3 is 2.45 bits per heavy atom. The number of esters is 1. The van der Waals surface area contributed by atoms with Crippen LogP contribution >= 0.6 is 0 Å². The molecule has 0 saturated carbocycles. The fourth-order valence-electron chi connectivity index (χ4n) is 4.11. The maximum Gasteiger partial charge on any atom is 0.309 e. The monoisotopic (exact) mass is 423 g/mol. The third-order valence-electron chi connectivity index (χ3n) is 5.99. The Bertz CT molecular complexity index is 769. The molecule has 0 bridgehead atoms. The lowest BCUT2D eigenvalue weighted by Crippen LogP contribution is -2.37. The van der Waals surface area contributed by atoms with Crippen LogP contribution in [0.15, 0.2) is 54.6 Å². The van der Waals surface area contributed by atoms with Gasteiger partial charge in [-0.2, -0.15) is 0 Å². The summed E-state index contributed by atoms with van der Waals surface area (Å²) in [5, 5.41) is 0. The van der Waals surface area contributed by atoms with Gasteiger partial charge in [-0.25, -0.2) is 0 Å². The van der Waals surface area contributed by atoms with Crippen molar-refractivity contribution in [1.82, 2.24) is 4.90 Å². The zero-order valence-corrected chi connectivity index (χ0v) is 18.9. The molecule has 0 amide bonds. The van der Waals surface area contributed by atoms with Gasteiger partial charge < -0.3 is 14.4 Å². The number of aryl methyl sites for hydroxylation is 2. The molecule has 0 aromatic heterocycles. The van der Waals surface area contributed by atoms with Gasteiger partial charge in [-0.1, -0.05) is 55.5 Å². The number of carbonyl (C=O) groups is 1. The van der Waals surface area contributed by atoms with Crippen molar-refractivity contribution < 1.29 is 14.3 Å². The maximum atomic E-state index is 12.0. The standard InChI is InChI=1S/C27H37NO3/c1-2-21-31-27(29)25-16-19-28(20-17-25)18-8-9-22-30-26-13-7-6-12-24(26)15-14-23-10-4-3-5-11-23/h3-7,10-13,25H,2,8-9,14-22H2,1H3. The van der Waals surface area contributed by atoms with Crippen molar-refractivity contribution in [3.8, 4) is 5.75 Å². The molecule has 4 nitrogen and oxygen atoms in total. The number of carbonyl (C=O) groups excluding carboxylic acids is 1. The van der Waals surface area contributed by atoms with E-state index in [1.54, 1.807) is 0 Å². The number of unbranched alkanes of at least 4 members (excludes halogenated alkanes) is 1. The highest BCUT2D eigenvalue weighted by atomic mass is 16.5. The van der Waals surface area contributed by atoms with Crippen molar-refractivity contribution in [1.29, 1.82) is 0 Å². The van der Waals surface area contributed by atoms with Crippen LogP contribution in [-0.4, -0.2) is 43.7 Å². The Kier molecular flexibility index (Phi) is 9.91. The Morgan fingerprint density at radius 1 is 0.935 bits per heavy atom. The summed E-state index contributed by atoms with van der Waals surface area (Å²) in [6, 6.07) is 19.0. The van der Waals surface area contributed by atoms with Crippen molar-refractivity contribution in [2.24, 2.45) is 5.92 Å². The molecule has 0 radical (unpaired) electrons. The summed E-state index contributed by atoms with van der Waals surface area (Å²) in [5.41, 5.74) is 2.64. The minimum absolute atomic E-state index is 0.000768. The Hall–Kier alpha value is -2.33. The van der Waals surface area contributed by atoms with Crippen molar-refractivity contribution in [2.45, 2.75) is 51.9 Å². The zero-order chi connectivity index (χ0) is 21.7. The van der Waals surface area contributed by atoms with Gasteiger partial charge in [0.1, 0.15) is 5.75 Å². The van der Waals surface area contributed by atoms with E-state index in [1.807, 2.05) is 6.92 Å². The van der Waals surface area contributed by atoms with Gasteiger partial charge in [-0.15, -0.1) is 0 Å². The average Bonchev–Trinajstić information content (AvgIpc) is 2.82. The molecule has 1 fully saturated rings. The van der Waals surface area contributed by atoms with Gasteiger partial charge >= 0.3 is 5.97 Å². The molecule has 1 heterocycles. The minimum atomic E-state index is 0.000768. The highest BCUT2D eigenvalue weighted by molar-refractivity contribution is 5.72. The van der Waals surface area contributed by atoms with Crippen molar-refractivity contribution >= 4 is 5.97 Å². The predicted molar refractivity (Wildman–Crippen MR) is 125 cm³/mol. The van der Waals surface area contributed by atoms with Crippen LogP contribution in [0.5, 0.6) is 5.75 Å². The second kappa shape index (κ2) is 13.2. The van der Waals surface area contributed by atoms with Gasteiger partial charge in [-0.05, 0) is 81.8 Å². The van der Waals surface area contributed by atoms with Crippen LogP contribution in [0.2, 0.25) is 0 Å². The Labute approximate surface area is 187 Å². The predicted octanol–water partition coefficient (Wildman–Crippen LogP) is 5.30. The fourth-order valence-corrected chi connectivity index (χ4v) is 4.11. The molecular formula is C27H37NO3. The first kappa shape index (κ1) is 23.3. The lowest BCUT2D eigenvalue weighted by molar-refractivity contribution is -0.150. The molecule has 0 atom stereocenters. The SMILES string of the molecule is CCCOC(=O)C1CCN(CCCCOc2ccccc2CCc2ccccc2)CC1. The first-order chi connectivity index (χ1) is 15.3. The van der Waals surface area contributed by atoms with Gasteiger partial charge in [0, 0.05) is 0 Å². The Morgan fingerprint density at radius 2 is 1.68 bits per heavy atom. The smallest absolute Gasteiger partial charge is 0.309 e. The maximum absolute atomic E-state index is 12.0. The van der Waals surface area contributed by atoms with E-state index in [4.69, 9.17) is 9.47 Å². The number of hydrogen-bond acceptors (Lipinski definition) is 4. The molecule has 31 heavy (non-hydrogen) atoms. The molecule has 0 N–H and O–H groups in total. The van der Waals surface area contributed by atoms with Crippen LogP contribution in [0.3, 0.4) is 0 Å². The topological polar surface area (TPSA) is 38.8 Å². The molecule has 3 rings (SSSR count). The molecule has 168 valence electrons. The molecule has 0 spiro atoms. The molecule has 0 aliphatic carbocycles. The largest absolute Gasteiger partial charge is 0.493 e. The number of likely N-dealkylation sites (tertiary alicyclic amines) is 1. The normalized spacial score (nSPS) is 15.0. The highest BCUT2D eigenvalue weighted by Crippen LogP contribution is 2.21. The van der Waals surface area contributed by atoms with E-state index in [9.17, 15) is 4.79 Å². The van der Waals surface area contributed by atoms with Gasteiger partial charge in [0.2, 0.25) is 0 Å². The van der Waals surface area contributed by atoms with E-state index >= 15 is 0 Å². The molecule has 1 aliphatic rings. The van der Waals surface area contributed by atoms with Gasteiger partial charge in [0.15, 0.2) is 0 Å². The average molecular weight is 424 g/mol. The van der Waals surface area contributed by atoms with Crippen LogP contribution < -0.4 is 4.74 Å². The summed E-state index contributed by atoms with van der Waals surface area (Å²) in [7, 11) is 0. The van der Waals surface area contributed by atoms with Crippen molar-refractivity contribution in [2.75, 3.05) is 32.8 Å². The number of rotatable bonds is 12. The molecule has 0 unspecified atom stereocenters. The van der Waals surface area contributed by atoms with Crippen LogP contribution in [-0.2, 0) is 22.4 Å².